The van der Waals surface area contributed by atoms with Crippen molar-refractivity contribution in [1.29, 1.82) is 0 Å². The number of nitrogens with zero attached hydrogens (tertiary/aromatic N) is 2. The van der Waals surface area contributed by atoms with Crippen LogP contribution in [0.1, 0.15) is 106 Å². The average Bonchev–Trinajstić information content (AvgIpc) is 3.58. The van der Waals surface area contributed by atoms with Gasteiger partial charge in [-0.1, -0.05) is 75.7 Å². The molecule has 1 aromatic carbocycles. The molecule has 0 radical (unpaired) electrons. The van der Waals surface area contributed by atoms with Crippen LogP contribution in [0.5, 0.6) is 0 Å². The van der Waals surface area contributed by atoms with Crippen LogP contribution < -0.4 is 5.73 Å². The molecule has 2 heterocycles. The molecule has 1 fully saturated rings. The molecule has 0 amide bonds. The van der Waals surface area contributed by atoms with E-state index < -0.39 is 0 Å². The molecule has 0 saturated carbocycles. The predicted molar refractivity (Wildman–Crippen MR) is 180 cm³/mol. The van der Waals surface area contributed by atoms with Crippen molar-refractivity contribution >= 4 is 18.0 Å². The molecule has 2 atom stereocenters. The number of benzene rings is 1. The van der Waals surface area contributed by atoms with Gasteiger partial charge in [0.2, 0.25) is 0 Å². The van der Waals surface area contributed by atoms with E-state index in [2.05, 4.69) is 63.0 Å². The molecular formula is C35H55N3O2S. The highest BCUT2D eigenvalue weighted by Crippen LogP contribution is 2.31. The van der Waals surface area contributed by atoms with Crippen LogP contribution in [-0.4, -0.2) is 29.3 Å². The van der Waals surface area contributed by atoms with E-state index in [1.54, 1.807) is 0 Å². The second-order valence-electron chi connectivity index (χ2n) is 10.2. The van der Waals surface area contributed by atoms with Crippen LogP contribution in [0.4, 0.5) is 0 Å². The summed E-state index contributed by atoms with van der Waals surface area (Å²) in [6.45, 7) is 20.6. The van der Waals surface area contributed by atoms with Gasteiger partial charge >= 0.3 is 0 Å². The molecule has 2 unspecified atom stereocenters. The molecular weight excluding hydrogens is 526 g/mol. The predicted octanol–water partition coefficient (Wildman–Crippen LogP) is 10.2. The van der Waals surface area contributed by atoms with E-state index in [9.17, 15) is 0 Å². The Balaban J connectivity index is 0.000000393. The molecule has 6 heteroatoms. The van der Waals surface area contributed by atoms with Crippen molar-refractivity contribution in [3.63, 3.8) is 0 Å². The third-order valence-corrected chi connectivity index (χ3v) is 8.07. The van der Waals surface area contributed by atoms with Crippen molar-refractivity contribution in [2.45, 2.75) is 119 Å². The highest BCUT2D eigenvalue weighted by molar-refractivity contribution is 7.98. The number of hydrogen-bond acceptors (Lipinski definition) is 6. The Labute approximate surface area is 254 Å². The summed E-state index contributed by atoms with van der Waals surface area (Å²) >= 11 is 1.91. The minimum Gasteiger partial charge on any atom is -0.398 e. The van der Waals surface area contributed by atoms with E-state index in [-0.39, 0.29) is 0 Å². The fourth-order valence-electron chi connectivity index (χ4n) is 4.49. The van der Waals surface area contributed by atoms with Gasteiger partial charge in [-0.2, -0.15) is 11.8 Å². The zero-order chi connectivity index (χ0) is 30.8. The molecule has 1 aromatic heterocycles. The van der Waals surface area contributed by atoms with E-state index in [0.717, 1.165) is 64.8 Å². The largest absolute Gasteiger partial charge is 0.398 e. The van der Waals surface area contributed by atoms with Crippen LogP contribution in [-0.2, 0) is 10.5 Å². The first kappa shape index (κ1) is 36.5. The second-order valence-corrected chi connectivity index (χ2v) is 11.2. The molecule has 0 spiro atoms. The van der Waals surface area contributed by atoms with Gasteiger partial charge in [0.25, 0.3) is 0 Å². The van der Waals surface area contributed by atoms with E-state index in [4.69, 9.17) is 15.0 Å². The zero-order valence-corrected chi connectivity index (χ0v) is 28.2. The van der Waals surface area contributed by atoms with Crippen molar-refractivity contribution in [3.05, 3.63) is 75.8 Å². The van der Waals surface area contributed by atoms with Gasteiger partial charge in [-0.05, 0) is 78.4 Å². The first-order chi connectivity index (χ1) is 19.7. The Morgan fingerprint density at radius 2 is 1.80 bits per heavy atom. The maximum atomic E-state index is 6.28. The number of allylic oxidation sites excluding steroid dienone is 4. The summed E-state index contributed by atoms with van der Waals surface area (Å²) in [5, 5.41) is 4.14. The third kappa shape index (κ3) is 12.1. The first-order valence-corrected chi connectivity index (χ1v) is 16.4. The molecule has 5 nitrogen and oxygen atoms in total. The quantitative estimate of drug-likeness (QED) is 0.211. The highest BCUT2D eigenvalue weighted by atomic mass is 32.2. The van der Waals surface area contributed by atoms with Crippen molar-refractivity contribution in [3.8, 4) is 11.3 Å². The minimum absolute atomic E-state index is 0.408. The summed E-state index contributed by atoms with van der Waals surface area (Å²) in [5.74, 6) is 2.87. The molecule has 3 rings (SSSR count). The summed E-state index contributed by atoms with van der Waals surface area (Å²) in [6, 6.07) is 10.2. The number of thioether (sulfide) groups is 1. The highest BCUT2D eigenvalue weighted by Gasteiger charge is 2.22. The van der Waals surface area contributed by atoms with Gasteiger partial charge in [0.1, 0.15) is 0 Å². The van der Waals surface area contributed by atoms with Crippen molar-refractivity contribution in [1.82, 2.24) is 5.16 Å². The summed E-state index contributed by atoms with van der Waals surface area (Å²) in [5.41, 5.74) is 15.0. The van der Waals surface area contributed by atoms with Crippen molar-refractivity contribution < 1.29 is 9.26 Å². The molecule has 1 saturated heterocycles. The fourth-order valence-corrected chi connectivity index (χ4v) is 5.66. The lowest BCUT2D eigenvalue weighted by molar-refractivity contribution is 0.0700. The van der Waals surface area contributed by atoms with Gasteiger partial charge in [0.15, 0.2) is 5.76 Å². The van der Waals surface area contributed by atoms with Crippen molar-refractivity contribution in [2.75, 3.05) is 5.75 Å². The zero-order valence-electron chi connectivity index (χ0n) is 27.3. The molecule has 1 aliphatic heterocycles. The van der Waals surface area contributed by atoms with Gasteiger partial charge < -0.3 is 15.0 Å². The summed E-state index contributed by atoms with van der Waals surface area (Å²) < 4.78 is 11.4. The van der Waals surface area contributed by atoms with Crippen LogP contribution in [0.2, 0.25) is 0 Å². The van der Waals surface area contributed by atoms with Gasteiger partial charge in [-0.25, -0.2) is 0 Å². The number of rotatable bonds is 11. The maximum absolute atomic E-state index is 6.28. The van der Waals surface area contributed by atoms with Crippen LogP contribution >= 0.6 is 11.8 Å². The van der Waals surface area contributed by atoms with Gasteiger partial charge in [-0.15, -0.1) is 0 Å². The van der Waals surface area contributed by atoms with Gasteiger partial charge in [0.05, 0.1) is 17.9 Å². The van der Waals surface area contributed by atoms with E-state index in [1.165, 1.54) is 29.6 Å². The normalized spacial score (nSPS) is 18.2. The van der Waals surface area contributed by atoms with E-state index in [1.807, 2.05) is 70.8 Å². The lowest BCUT2D eigenvalue weighted by atomic mass is 9.97. The van der Waals surface area contributed by atoms with Gasteiger partial charge in [-0.3, -0.25) is 4.99 Å². The molecule has 228 valence electrons. The fraction of sp³-hybridized carbons (Fsp3) is 0.543. The Hall–Kier alpha value is -2.57. The Morgan fingerprint density at radius 1 is 1.12 bits per heavy atom. The SMILES string of the molecule is CC.CC=N/C(C)=C(C(/C)=C\CCC)\C(N)=C(/C)CC.Cc1noc(-c2ccccc2)c1CSCC1CCC(C)O1. The van der Waals surface area contributed by atoms with E-state index in [0.29, 0.717) is 12.2 Å². The summed E-state index contributed by atoms with van der Waals surface area (Å²) in [7, 11) is 0. The number of aryl methyl sites for hydroxylation is 1. The number of ether oxygens (including phenoxy) is 1. The average molecular weight is 582 g/mol. The lowest BCUT2D eigenvalue weighted by Gasteiger charge is -2.14. The Morgan fingerprint density at radius 3 is 2.37 bits per heavy atom. The lowest BCUT2D eigenvalue weighted by Crippen LogP contribution is -2.11. The molecule has 2 aromatic rings. The van der Waals surface area contributed by atoms with Crippen LogP contribution in [0.3, 0.4) is 0 Å². The topological polar surface area (TPSA) is 73.6 Å². The molecule has 41 heavy (non-hydrogen) atoms. The van der Waals surface area contributed by atoms with Crippen LogP contribution in [0.25, 0.3) is 11.3 Å². The van der Waals surface area contributed by atoms with Crippen molar-refractivity contribution in [2.24, 2.45) is 10.7 Å². The number of nitrogens with two attached hydrogens (primary N) is 1. The second kappa shape index (κ2) is 20.3. The molecule has 0 aliphatic carbocycles. The maximum Gasteiger partial charge on any atom is 0.171 e. The molecule has 0 bridgehead atoms. The molecule has 2 N–H and O–H groups in total. The number of aromatic nitrogens is 1. The monoisotopic (exact) mass is 581 g/mol. The standard InChI is InChI=1S/C17H21NO2S.C16H28N2.C2H6/c1-12-8-9-15(19-12)10-21-11-16-13(2)18-20-17(16)14-6-4-3-5-7-14;1-7-10-11-13(5)15(14(6)18-9-3)16(17)12(4)8-2;1-2/h3-7,12,15H,8-11H2,1-2H3;9,11H,7-8,10,17H2,1-6H3;1-2H3/b;13-11-,15-14-,16-12-,18-9?;. The minimum atomic E-state index is 0.408. The Bertz CT molecular complexity index is 1150. The van der Waals surface area contributed by atoms with Gasteiger partial charge in [0, 0.05) is 45.8 Å². The summed E-state index contributed by atoms with van der Waals surface area (Å²) in [6.07, 6.45) is 10.5. The number of aliphatic imine (C=N–C) groups is 1. The first-order valence-electron chi connectivity index (χ1n) is 15.3. The van der Waals surface area contributed by atoms with Crippen LogP contribution in [0, 0.1) is 6.92 Å². The summed E-state index contributed by atoms with van der Waals surface area (Å²) in [4.78, 5) is 4.39. The van der Waals surface area contributed by atoms with E-state index >= 15 is 0 Å². The smallest absolute Gasteiger partial charge is 0.171 e. The number of unbranched alkanes of at least 4 members (excludes halogenated alkanes) is 1. The van der Waals surface area contributed by atoms with Crippen LogP contribution in [0.15, 0.2) is 74.0 Å². The number of hydrogen-bond donors (Lipinski definition) is 1. The third-order valence-electron chi connectivity index (χ3n) is 6.97. The molecule has 1 aliphatic rings. The Kier molecular flexibility index (Phi) is 18.1.